The molecular weight excluding hydrogens is 252 g/mol. The number of hydrogen-bond donors (Lipinski definition) is 1. The first kappa shape index (κ1) is 11.4. The van der Waals surface area contributed by atoms with Crippen molar-refractivity contribution in [2.75, 3.05) is 0 Å². The summed E-state index contributed by atoms with van der Waals surface area (Å²) >= 11 is 3.48. The second-order valence-electron chi connectivity index (χ2n) is 5.08. The molecule has 1 nitrogen and oxygen atoms in total. The zero-order valence-electron chi connectivity index (χ0n) is 9.46. The summed E-state index contributed by atoms with van der Waals surface area (Å²) in [5.41, 5.74) is 3.00. The molecule has 2 rings (SSSR count). The highest BCUT2D eigenvalue weighted by molar-refractivity contribution is 9.11. The fourth-order valence-corrected chi connectivity index (χ4v) is 3.98. The average molecular weight is 271 g/mol. The van der Waals surface area contributed by atoms with E-state index in [2.05, 4.69) is 33.9 Å². The molecule has 0 aromatic heterocycles. The van der Waals surface area contributed by atoms with Crippen LogP contribution in [-0.2, 0) is 0 Å². The van der Waals surface area contributed by atoms with Crippen LogP contribution in [0.25, 0.3) is 0 Å². The van der Waals surface area contributed by atoms with Gasteiger partial charge in [0.25, 0.3) is 0 Å². The summed E-state index contributed by atoms with van der Waals surface area (Å²) in [5, 5.41) is 9.82. The van der Waals surface area contributed by atoms with Gasteiger partial charge in [-0.25, -0.2) is 0 Å². The Balaban J connectivity index is 2.32. The maximum absolute atomic E-state index is 9.82. The van der Waals surface area contributed by atoms with E-state index in [1.165, 1.54) is 30.4 Å². The van der Waals surface area contributed by atoms with Gasteiger partial charge in [0.05, 0.1) is 6.10 Å². The highest BCUT2D eigenvalue weighted by Crippen LogP contribution is 2.55. The van der Waals surface area contributed by atoms with Crippen LogP contribution in [0, 0.1) is 11.3 Å². The molecule has 0 spiro atoms. The van der Waals surface area contributed by atoms with Gasteiger partial charge in [-0.2, -0.15) is 0 Å². The molecule has 0 radical (unpaired) electrons. The third-order valence-corrected chi connectivity index (χ3v) is 4.79. The van der Waals surface area contributed by atoms with E-state index in [9.17, 15) is 5.11 Å². The molecule has 1 fully saturated rings. The molecule has 2 aliphatic carbocycles. The van der Waals surface area contributed by atoms with Crippen molar-refractivity contribution >= 4 is 15.9 Å². The van der Waals surface area contributed by atoms with Gasteiger partial charge in [0, 0.05) is 0 Å². The molecule has 0 heterocycles. The molecule has 0 amide bonds. The topological polar surface area (TPSA) is 20.2 Å². The molecule has 0 aromatic carbocycles. The summed E-state index contributed by atoms with van der Waals surface area (Å²) in [6.07, 6.45) is 6.76. The van der Waals surface area contributed by atoms with Gasteiger partial charge in [0.15, 0.2) is 0 Å². The molecular formula is C13H19BrO. The van der Waals surface area contributed by atoms with Crippen molar-refractivity contribution in [3.8, 4) is 0 Å². The van der Waals surface area contributed by atoms with Gasteiger partial charge in [-0.05, 0) is 54.5 Å². The Morgan fingerprint density at radius 2 is 2.40 bits per heavy atom. The monoisotopic (exact) mass is 270 g/mol. The molecule has 2 aliphatic rings. The van der Waals surface area contributed by atoms with Crippen LogP contribution in [-0.4, -0.2) is 11.2 Å². The molecule has 3 atom stereocenters. The number of aliphatic hydroxyl groups is 1. The molecule has 2 heteroatoms. The number of halogens is 1. The van der Waals surface area contributed by atoms with E-state index in [-0.39, 0.29) is 11.5 Å². The zero-order chi connectivity index (χ0) is 11.1. The van der Waals surface area contributed by atoms with Crippen molar-refractivity contribution in [3.63, 3.8) is 0 Å². The average Bonchev–Trinajstić information content (AvgIpc) is 2.54. The molecule has 0 bridgehead atoms. The summed E-state index contributed by atoms with van der Waals surface area (Å²) < 4.78 is 0. The van der Waals surface area contributed by atoms with E-state index in [1.807, 2.05) is 6.92 Å². The van der Waals surface area contributed by atoms with Gasteiger partial charge < -0.3 is 5.11 Å². The summed E-state index contributed by atoms with van der Waals surface area (Å²) in [6.45, 7) is 4.21. The number of aliphatic hydroxyl groups excluding tert-OH is 1. The summed E-state index contributed by atoms with van der Waals surface area (Å²) in [5.74, 6) is 0.621. The Morgan fingerprint density at radius 3 is 3.00 bits per heavy atom. The Kier molecular flexibility index (Phi) is 3.09. The summed E-state index contributed by atoms with van der Waals surface area (Å²) in [6, 6.07) is 0. The lowest BCUT2D eigenvalue weighted by atomic mass is 9.64. The minimum Gasteiger partial charge on any atom is -0.389 e. The fraction of sp³-hybridized carbons (Fsp3) is 0.692. The van der Waals surface area contributed by atoms with Gasteiger partial charge in [0.2, 0.25) is 0 Å². The van der Waals surface area contributed by atoms with Crippen molar-refractivity contribution in [1.29, 1.82) is 0 Å². The second kappa shape index (κ2) is 4.06. The molecule has 1 N–H and O–H groups in total. The highest BCUT2D eigenvalue weighted by Gasteiger charge is 2.45. The van der Waals surface area contributed by atoms with Crippen molar-refractivity contribution in [2.24, 2.45) is 11.3 Å². The van der Waals surface area contributed by atoms with Crippen LogP contribution in [0.5, 0.6) is 0 Å². The van der Waals surface area contributed by atoms with Crippen LogP contribution in [0.1, 0.15) is 39.5 Å². The molecule has 15 heavy (non-hydrogen) atoms. The Labute approximate surface area is 100 Å². The van der Waals surface area contributed by atoms with Gasteiger partial charge in [-0.1, -0.05) is 34.5 Å². The lowest BCUT2D eigenvalue weighted by molar-refractivity contribution is 0.158. The molecule has 84 valence electrons. The minimum absolute atomic E-state index is 0.214. The van der Waals surface area contributed by atoms with E-state index in [1.54, 1.807) is 0 Å². The van der Waals surface area contributed by atoms with Crippen molar-refractivity contribution in [2.45, 2.75) is 45.6 Å². The summed E-state index contributed by atoms with van der Waals surface area (Å²) in [7, 11) is 0. The van der Waals surface area contributed by atoms with Crippen LogP contribution in [0.15, 0.2) is 22.2 Å². The maximum atomic E-state index is 9.82. The normalized spacial score (nSPS) is 40.1. The first-order valence-electron chi connectivity index (χ1n) is 5.77. The van der Waals surface area contributed by atoms with E-state index in [0.717, 1.165) is 6.42 Å². The van der Waals surface area contributed by atoms with Gasteiger partial charge in [-0.3, -0.25) is 0 Å². The molecule has 0 saturated heterocycles. The molecule has 1 unspecified atom stereocenters. The van der Waals surface area contributed by atoms with Crippen LogP contribution in [0.3, 0.4) is 0 Å². The molecule has 0 aliphatic heterocycles. The number of allylic oxidation sites excluding steroid dienone is 2. The Bertz CT molecular complexity index is 316. The van der Waals surface area contributed by atoms with Gasteiger partial charge >= 0.3 is 0 Å². The predicted octanol–water partition coefficient (Wildman–Crippen LogP) is 3.78. The van der Waals surface area contributed by atoms with E-state index < -0.39 is 0 Å². The van der Waals surface area contributed by atoms with Gasteiger partial charge in [-0.15, -0.1) is 0 Å². The van der Waals surface area contributed by atoms with Crippen LogP contribution in [0.4, 0.5) is 0 Å². The number of fused-ring (bicyclic) bond motifs is 1. The van der Waals surface area contributed by atoms with Crippen molar-refractivity contribution < 1.29 is 5.11 Å². The molecule has 0 aromatic rings. The second-order valence-corrected chi connectivity index (χ2v) is 5.54. The number of hydrogen-bond acceptors (Lipinski definition) is 1. The third kappa shape index (κ3) is 1.72. The number of rotatable bonds is 1. The smallest absolute Gasteiger partial charge is 0.0727 e. The van der Waals surface area contributed by atoms with Crippen LogP contribution < -0.4 is 0 Å². The van der Waals surface area contributed by atoms with Gasteiger partial charge in [0.1, 0.15) is 0 Å². The van der Waals surface area contributed by atoms with Crippen LogP contribution >= 0.6 is 15.9 Å². The lowest BCUT2D eigenvalue weighted by Gasteiger charge is -2.41. The zero-order valence-corrected chi connectivity index (χ0v) is 11.0. The highest BCUT2D eigenvalue weighted by atomic mass is 79.9. The first-order valence-corrected chi connectivity index (χ1v) is 6.69. The van der Waals surface area contributed by atoms with E-state index >= 15 is 0 Å². The fourth-order valence-electron chi connectivity index (χ4n) is 3.43. The SMILES string of the molecule is C[C@H](O)C1=CCC2C(=CBr)CCC[C@]12C. The standard InChI is InChI=1S/C13H19BrO/c1-9(15)11-5-6-12-10(8-14)4-3-7-13(11,12)2/h5,8-9,12,15H,3-4,6-7H2,1-2H3/t9-,12?,13+/m0/s1. The Morgan fingerprint density at radius 1 is 1.67 bits per heavy atom. The quantitative estimate of drug-likeness (QED) is 0.719. The third-order valence-electron chi connectivity index (χ3n) is 4.20. The van der Waals surface area contributed by atoms with Crippen molar-refractivity contribution in [3.05, 3.63) is 22.2 Å². The molecule has 1 saturated carbocycles. The first-order chi connectivity index (χ1) is 7.09. The predicted molar refractivity (Wildman–Crippen MR) is 66.8 cm³/mol. The Hall–Kier alpha value is -0.0800. The van der Waals surface area contributed by atoms with E-state index in [0.29, 0.717) is 5.92 Å². The summed E-state index contributed by atoms with van der Waals surface area (Å²) in [4.78, 5) is 2.11. The largest absolute Gasteiger partial charge is 0.389 e. The maximum Gasteiger partial charge on any atom is 0.0727 e. The van der Waals surface area contributed by atoms with Crippen LogP contribution in [0.2, 0.25) is 0 Å². The lowest BCUT2D eigenvalue weighted by Crippen LogP contribution is -2.33. The van der Waals surface area contributed by atoms with Crippen molar-refractivity contribution in [1.82, 2.24) is 0 Å². The minimum atomic E-state index is -0.283. The van der Waals surface area contributed by atoms with E-state index in [4.69, 9.17) is 0 Å².